The van der Waals surface area contributed by atoms with Crippen molar-refractivity contribution in [3.8, 4) is 0 Å². The van der Waals surface area contributed by atoms with Crippen LogP contribution in [0.5, 0.6) is 0 Å². The van der Waals surface area contributed by atoms with Crippen molar-refractivity contribution in [2.24, 2.45) is 17.8 Å². The SMILES string of the molecule is O=C(Nc1ccccc1)C1C2CN(Cc3ccccc3)C[C@H]21. The Balaban J connectivity index is 1.30. The summed E-state index contributed by atoms with van der Waals surface area (Å²) < 4.78 is 0. The highest BCUT2D eigenvalue weighted by Gasteiger charge is 2.59. The van der Waals surface area contributed by atoms with Gasteiger partial charge in [-0.15, -0.1) is 0 Å². The number of piperidine rings is 1. The Morgan fingerprint density at radius 1 is 0.955 bits per heavy atom. The number of carbonyl (C=O) groups is 1. The maximum absolute atomic E-state index is 12.3. The summed E-state index contributed by atoms with van der Waals surface area (Å²) in [6.45, 7) is 3.10. The number of anilines is 1. The fourth-order valence-corrected chi connectivity index (χ4v) is 3.72. The fraction of sp³-hybridized carbons (Fsp3) is 0.316. The van der Waals surface area contributed by atoms with E-state index in [-0.39, 0.29) is 11.8 Å². The molecule has 2 aliphatic rings. The second kappa shape index (κ2) is 5.58. The average molecular weight is 292 g/mol. The van der Waals surface area contributed by atoms with Gasteiger partial charge in [-0.05, 0) is 29.5 Å². The second-order valence-electron chi connectivity index (χ2n) is 6.39. The number of nitrogens with zero attached hydrogens (tertiary/aromatic N) is 1. The van der Waals surface area contributed by atoms with Gasteiger partial charge in [-0.2, -0.15) is 0 Å². The average Bonchev–Trinajstić information content (AvgIpc) is 3.06. The Bertz CT molecular complexity index is 644. The molecule has 2 aromatic rings. The highest BCUT2D eigenvalue weighted by atomic mass is 16.2. The molecule has 2 fully saturated rings. The molecule has 0 radical (unpaired) electrons. The van der Waals surface area contributed by atoms with Gasteiger partial charge < -0.3 is 5.32 Å². The van der Waals surface area contributed by atoms with Crippen LogP contribution in [0, 0.1) is 17.8 Å². The van der Waals surface area contributed by atoms with Gasteiger partial charge >= 0.3 is 0 Å². The summed E-state index contributed by atoms with van der Waals surface area (Å²) in [4.78, 5) is 14.8. The molecule has 1 heterocycles. The first-order valence-electron chi connectivity index (χ1n) is 7.93. The Morgan fingerprint density at radius 2 is 1.55 bits per heavy atom. The van der Waals surface area contributed by atoms with Crippen LogP contribution in [0.4, 0.5) is 5.69 Å². The van der Waals surface area contributed by atoms with Crippen LogP contribution in [0.2, 0.25) is 0 Å². The molecule has 0 aromatic heterocycles. The quantitative estimate of drug-likeness (QED) is 0.939. The van der Waals surface area contributed by atoms with Crippen molar-refractivity contribution in [1.82, 2.24) is 4.90 Å². The van der Waals surface area contributed by atoms with E-state index in [1.54, 1.807) is 0 Å². The van der Waals surface area contributed by atoms with Gasteiger partial charge in [0.25, 0.3) is 0 Å². The maximum atomic E-state index is 12.3. The molecule has 1 aliphatic heterocycles. The lowest BCUT2D eigenvalue weighted by atomic mass is 10.2. The van der Waals surface area contributed by atoms with Gasteiger partial charge in [-0.1, -0.05) is 48.5 Å². The van der Waals surface area contributed by atoms with Crippen molar-refractivity contribution < 1.29 is 4.79 Å². The van der Waals surface area contributed by atoms with Gasteiger partial charge in [0.1, 0.15) is 0 Å². The van der Waals surface area contributed by atoms with E-state index in [0.29, 0.717) is 11.8 Å². The van der Waals surface area contributed by atoms with Gasteiger partial charge in [-0.3, -0.25) is 9.69 Å². The minimum absolute atomic E-state index is 0.195. The topological polar surface area (TPSA) is 32.3 Å². The second-order valence-corrected chi connectivity index (χ2v) is 6.39. The van der Waals surface area contributed by atoms with Crippen molar-refractivity contribution in [2.45, 2.75) is 6.54 Å². The third-order valence-electron chi connectivity index (χ3n) is 4.86. The largest absolute Gasteiger partial charge is 0.326 e. The predicted molar refractivity (Wildman–Crippen MR) is 87.3 cm³/mol. The molecule has 1 amide bonds. The normalized spacial score (nSPS) is 26.5. The number of hydrogen-bond acceptors (Lipinski definition) is 2. The number of para-hydroxylation sites is 1. The van der Waals surface area contributed by atoms with Crippen molar-refractivity contribution in [2.75, 3.05) is 18.4 Å². The lowest BCUT2D eigenvalue weighted by Crippen LogP contribution is -2.27. The van der Waals surface area contributed by atoms with Gasteiger partial charge in [0.05, 0.1) is 0 Å². The van der Waals surface area contributed by atoms with Gasteiger partial charge in [0, 0.05) is 31.2 Å². The van der Waals surface area contributed by atoms with E-state index in [1.807, 2.05) is 30.3 Å². The number of fused-ring (bicyclic) bond motifs is 1. The van der Waals surface area contributed by atoms with Crippen LogP contribution in [-0.4, -0.2) is 23.9 Å². The van der Waals surface area contributed by atoms with Crippen molar-refractivity contribution in [3.63, 3.8) is 0 Å². The molecule has 4 rings (SSSR count). The number of nitrogens with one attached hydrogen (secondary N) is 1. The number of rotatable bonds is 4. The zero-order chi connectivity index (χ0) is 14.9. The zero-order valence-electron chi connectivity index (χ0n) is 12.5. The third-order valence-corrected chi connectivity index (χ3v) is 4.86. The van der Waals surface area contributed by atoms with Crippen LogP contribution in [-0.2, 0) is 11.3 Å². The molecule has 0 bridgehead atoms. The summed E-state index contributed by atoms with van der Waals surface area (Å²) in [5, 5.41) is 3.04. The van der Waals surface area contributed by atoms with E-state index in [0.717, 1.165) is 25.3 Å². The van der Waals surface area contributed by atoms with E-state index in [2.05, 4.69) is 40.5 Å². The number of benzene rings is 2. The Kier molecular flexibility index (Phi) is 3.43. The molecular formula is C19H20N2O. The first kappa shape index (κ1) is 13.5. The Hall–Kier alpha value is -2.13. The highest BCUT2D eigenvalue weighted by Crippen LogP contribution is 2.52. The van der Waals surface area contributed by atoms with E-state index in [9.17, 15) is 4.79 Å². The molecule has 0 spiro atoms. The van der Waals surface area contributed by atoms with Crippen LogP contribution in [0.25, 0.3) is 0 Å². The summed E-state index contributed by atoms with van der Waals surface area (Å²) >= 11 is 0. The van der Waals surface area contributed by atoms with Gasteiger partial charge in [-0.25, -0.2) is 0 Å². The first-order chi connectivity index (χ1) is 10.8. The standard InChI is InChI=1S/C19H20N2O/c22-19(20-15-9-5-2-6-10-15)18-16-12-21(13-17(16)18)11-14-7-3-1-4-8-14/h1-10,16-18H,11-13H2,(H,20,22)/t16-,17?,18?/m1/s1. The highest BCUT2D eigenvalue weighted by molar-refractivity contribution is 5.95. The molecule has 3 heteroatoms. The smallest absolute Gasteiger partial charge is 0.228 e. The molecule has 22 heavy (non-hydrogen) atoms. The van der Waals surface area contributed by atoms with Crippen LogP contribution in [0.15, 0.2) is 60.7 Å². The fourth-order valence-electron chi connectivity index (χ4n) is 3.72. The minimum Gasteiger partial charge on any atom is -0.326 e. The minimum atomic E-state index is 0.195. The molecule has 2 aromatic carbocycles. The van der Waals surface area contributed by atoms with Crippen molar-refractivity contribution in [3.05, 3.63) is 66.2 Å². The predicted octanol–water partition coefficient (Wildman–Crippen LogP) is 3.00. The summed E-state index contributed by atoms with van der Waals surface area (Å²) in [6.07, 6.45) is 0. The van der Waals surface area contributed by atoms with E-state index >= 15 is 0 Å². The Labute approximate surface area is 131 Å². The van der Waals surface area contributed by atoms with Crippen LogP contribution < -0.4 is 5.32 Å². The lowest BCUT2D eigenvalue weighted by molar-refractivity contribution is -0.118. The van der Waals surface area contributed by atoms with Crippen molar-refractivity contribution >= 4 is 11.6 Å². The molecule has 2 unspecified atom stereocenters. The van der Waals surface area contributed by atoms with Gasteiger partial charge in [0.15, 0.2) is 0 Å². The van der Waals surface area contributed by atoms with E-state index in [4.69, 9.17) is 0 Å². The molecule has 1 aliphatic carbocycles. The third kappa shape index (κ3) is 2.64. The molecule has 3 nitrogen and oxygen atoms in total. The van der Waals surface area contributed by atoms with Gasteiger partial charge in [0.2, 0.25) is 5.91 Å². The Morgan fingerprint density at radius 3 is 2.18 bits per heavy atom. The summed E-state index contributed by atoms with van der Waals surface area (Å²) in [6, 6.07) is 20.3. The molecule has 1 saturated carbocycles. The monoisotopic (exact) mass is 292 g/mol. The molecule has 3 atom stereocenters. The van der Waals surface area contributed by atoms with E-state index in [1.165, 1.54) is 5.56 Å². The van der Waals surface area contributed by atoms with E-state index < -0.39 is 0 Å². The summed E-state index contributed by atoms with van der Waals surface area (Å²) in [7, 11) is 0. The summed E-state index contributed by atoms with van der Waals surface area (Å²) in [5.74, 6) is 1.51. The first-order valence-corrected chi connectivity index (χ1v) is 7.93. The summed E-state index contributed by atoms with van der Waals surface area (Å²) in [5.41, 5.74) is 2.26. The molecule has 112 valence electrons. The molecular weight excluding hydrogens is 272 g/mol. The number of carbonyl (C=O) groups excluding carboxylic acids is 1. The number of hydrogen-bond donors (Lipinski definition) is 1. The van der Waals surface area contributed by atoms with Crippen LogP contribution >= 0.6 is 0 Å². The number of likely N-dealkylation sites (tertiary alicyclic amines) is 1. The zero-order valence-corrected chi connectivity index (χ0v) is 12.5. The van der Waals surface area contributed by atoms with Crippen LogP contribution in [0.3, 0.4) is 0 Å². The van der Waals surface area contributed by atoms with Crippen molar-refractivity contribution in [1.29, 1.82) is 0 Å². The molecule has 1 saturated heterocycles. The molecule has 1 N–H and O–H groups in total. The lowest BCUT2D eigenvalue weighted by Gasteiger charge is -2.19. The maximum Gasteiger partial charge on any atom is 0.228 e. The van der Waals surface area contributed by atoms with Crippen LogP contribution in [0.1, 0.15) is 5.56 Å². The number of amides is 1.